The molecule has 2 aliphatic rings. The number of hydrogen-bond acceptors (Lipinski definition) is 3. The van der Waals surface area contributed by atoms with Crippen LogP contribution >= 0.6 is 0 Å². The minimum absolute atomic E-state index is 0.296. The van der Waals surface area contributed by atoms with Crippen LogP contribution in [0.5, 0.6) is 0 Å². The fourth-order valence-corrected chi connectivity index (χ4v) is 3.27. The molecule has 0 bridgehead atoms. The zero-order chi connectivity index (χ0) is 14.7. The van der Waals surface area contributed by atoms with Crippen LogP contribution in [0.4, 0.5) is 5.69 Å². The van der Waals surface area contributed by atoms with Crippen molar-refractivity contribution in [2.45, 2.75) is 39.5 Å². The van der Waals surface area contributed by atoms with Crippen molar-refractivity contribution in [1.82, 2.24) is 4.90 Å². The first kappa shape index (κ1) is 14.2. The second-order valence-electron chi connectivity index (χ2n) is 6.93. The molecule has 0 saturated carbocycles. The summed E-state index contributed by atoms with van der Waals surface area (Å²) in [4.78, 5) is 2.54. The molecule has 3 heteroatoms. The van der Waals surface area contributed by atoms with E-state index in [-0.39, 0.29) is 0 Å². The number of rotatable bonds is 3. The SMILES string of the molecule is CC1(C)CC(N2CCCC2)=C/C(=N/Nc2ccccc2)C1. The second kappa shape index (κ2) is 5.92. The molecule has 3 rings (SSSR count). The number of likely N-dealkylation sites (tertiary alicyclic amines) is 1. The van der Waals surface area contributed by atoms with E-state index < -0.39 is 0 Å². The highest BCUT2D eigenvalue weighted by molar-refractivity contribution is 5.97. The van der Waals surface area contributed by atoms with Crippen LogP contribution in [0.25, 0.3) is 0 Å². The van der Waals surface area contributed by atoms with E-state index in [2.05, 4.69) is 35.4 Å². The second-order valence-corrected chi connectivity index (χ2v) is 6.93. The number of nitrogens with zero attached hydrogens (tertiary/aromatic N) is 2. The molecule has 0 aromatic heterocycles. The van der Waals surface area contributed by atoms with Gasteiger partial charge in [0.15, 0.2) is 0 Å². The maximum Gasteiger partial charge on any atom is 0.0629 e. The summed E-state index contributed by atoms with van der Waals surface area (Å²) in [6.45, 7) is 7.10. The number of hydrazone groups is 1. The average Bonchev–Trinajstić information content (AvgIpc) is 2.99. The highest BCUT2D eigenvalue weighted by atomic mass is 15.3. The van der Waals surface area contributed by atoms with Crippen LogP contribution in [0.15, 0.2) is 47.2 Å². The molecule has 1 aliphatic heterocycles. The number of benzene rings is 1. The molecule has 0 atom stereocenters. The highest BCUT2D eigenvalue weighted by Crippen LogP contribution is 2.36. The Labute approximate surface area is 127 Å². The van der Waals surface area contributed by atoms with Crippen molar-refractivity contribution >= 4 is 11.4 Å². The van der Waals surface area contributed by atoms with Crippen molar-refractivity contribution in [2.24, 2.45) is 10.5 Å². The average molecular weight is 283 g/mol. The number of para-hydroxylation sites is 1. The van der Waals surface area contributed by atoms with Crippen molar-refractivity contribution in [3.63, 3.8) is 0 Å². The standard InChI is InChI=1S/C18H25N3/c1-18(2)13-16(20-19-15-8-4-3-5-9-15)12-17(14-18)21-10-6-7-11-21/h3-5,8-9,12,19H,6-7,10-11,13-14H2,1-2H3/b20-16-. The molecule has 21 heavy (non-hydrogen) atoms. The van der Waals surface area contributed by atoms with Gasteiger partial charge in [-0.25, -0.2) is 0 Å². The molecule has 0 radical (unpaired) electrons. The van der Waals surface area contributed by atoms with Crippen molar-refractivity contribution in [1.29, 1.82) is 0 Å². The molecule has 0 unspecified atom stereocenters. The van der Waals surface area contributed by atoms with Gasteiger partial charge < -0.3 is 4.90 Å². The maximum absolute atomic E-state index is 4.63. The third-order valence-electron chi connectivity index (χ3n) is 4.27. The van der Waals surface area contributed by atoms with Gasteiger partial charge in [-0.1, -0.05) is 32.0 Å². The summed E-state index contributed by atoms with van der Waals surface area (Å²) in [5.41, 5.74) is 7.16. The summed E-state index contributed by atoms with van der Waals surface area (Å²) in [6, 6.07) is 10.2. The molecule has 112 valence electrons. The fourth-order valence-electron chi connectivity index (χ4n) is 3.27. The van der Waals surface area contributed by atoms with Crippen LogP contribution in [-0.2, 0) is 0 Å². The number of allylic oxidation sites excluding steroid dienone is 2. The predicted octanol–water partition coefficient (Wildman–Crippen LogP) is 4.25. The van der Waals surface area contributed by atoms with Gasteiger partial charge in [-0.2, -0.15) is 5.10 Å². The van der Waals surface area contributed by atoms with Crippen LogP contribution in [0.3, 0.4) is 0 Å². The van der Waals surface area contributed by atoms with E-state index in [0.717, 1.165) is 24.2 Å². The van der Waals surface area contributed by atoms with E-state index in [4.69, 9.17) is 0 Å². The summed E-state index contributed by atoms with van der Waals surface area (Å²) < 4.78 is 0. The van der Waals surface area contributed by atoms with Crippen LogP contribution in [0, 0.1) is 5.41 Å². The van der Waals surface area contributed by atoms with Crippen LogP contribution < -0.4 is 5.43 Å². The molecule has 0 spiro atoms. The fraction of sp³-hybridized carbons (Fsp3) is 0.500. The van der Waals surface area contributed by atoms with E-state index in [1.54, 1.807) is 0 Å². The van der Waals surface area contributed by atoms with Gasteiger partial charge in [-0.3, -0.25) is 5.43 Å². The smallest absolute Gasteiger partial charge is 0.0629 e. The minimum atomic E-state index is 0.296. The molecular formula is C18H25N3. The lowest BCUT2D eigenvalue weighted by atomic mass is 9.78. The van der Waals surface area contributed by atoms with Gasteiger partial charge in [0, 0.05) is 18.8 Å². The molecule has 1 fully saturated rings. The quantitative estimate of drug-likeness (QED) is 0.840. The third-order valence-corrected chi connectivity index (χ3v) is 4.27. The Kier molecular flexibility index (Phi) is 4.00. The zero-order valence-corrected chi connectivity index (χ0v) is 13.1. The first-order chi connectivity index (χ1) is 10.1. The molecule has 1 aromatic rings. The third kappa shape index (κ3) is 3.66. The van der Waals surface area contributed by atoms with Gasteiger partial charge in [0.1, 0.15) is 0 Å². The molecule has 0 amide bonds. The Balaban J connectivity index is 1.77. The molecule has 3 nitrogen and oxygen atoms in total. The Hall–Kier alpha value is -1.77. The van der Waals surface area contributed by atoms with Crippen molar-refractivity contribution in [2.75, 3.05) is 18.5 Å². The molecule has 1 heterocycles. The topological polar surface area (TPSA) is 27.6 Å². The van der Waals surface area contributed by atoms with Crippen molar-refractivity contribution in [3.8, 4) is 0 Å². The largest absolute Gasteiger partial charge is 0.375 e. The highest BCUT2D eigenvalue weighted by Gasteiger charge is 2.29. The number of anilines is 1. The molecular weight excluding hydrogens is 258 g/mol. The van der Waals surface area contributed by atoms with E-state index in [1.165, 1.54) is 31.6 Å². The van der Waals surface area contributed by atoms with Gasteiger partial charge >= 0.3 is 0 Å². The normalized spacial score (nSPS) is 23.2. The summed E-state index contributed by atoms with van der Waals surface area (Å²) >= 11 is 0. The van der Waals surface area contributed by atoms with Crippen molar-refractivity contribution < 1.29 is 0 Å². The van der Waals surface area contributed by atoms with Crippen LogP contribution in [-0.4, -0.2) is 23.7 Å². The summed E-state index contributed by atoms with van der Waals surface area (Å²) in [5, 5.41) is 4.63. The Morgan fingerprint density at radius 1 is 1.05 bits per heavy atom. The first-order valence-electron chi connectivity index (χ1n) is 7.96. The van der Waals surface area contributed by atoms with Gasteiger partial charge in [0.2, 0.25) is 0 Å². The molecule has 1 N–H and O–H groups in total. The lowest BCUT2D eigenvalue weighted by Crippen LogP contribution is -2.30. The Morgan fingerprint density at radius 2 is 1.76 bits per heavy atom. The van der Waals surface area contributed by atoms with Crippen LogP contribution in [0.1, 0.15) is 39.5 Å². The maximum atomic E-state index is 4.63. The van der Waals surface area contributed by atoms with E-state index in [9.17, 15) is 0 Å². The van der Waals surface area contributed by atoms with E-state index >= 15 is 0 Å². The Bertz CT molecular complexity index is 537. The zero-order valence-electron chi connectivity index (χ0n) is 13.1. The summed E-state index contributed by atoms with van der Waals surface area (Å²) in [6.07, 6.45) is 7.15. The molecule has 1 aromatic carbocycles. The molecule has 1 saturated heterocycles. The van der Waals surface area contributed by atoms with E-state index in [0.29, 0.717) is 5.41 Å². The summed E-state index contributed by atoms with van der Waals surface area (Å²) in [7, 11) is 0. The van der Waals surface area contributed by atoms with Crippen molar-refractivity contribution in [3.05, 3.63) is 42.1 Å². The number of hydrogen-bond donors (Lipinski definition) is 1. The summed E-state index contributed by atoms with van der Waals surface area (Å²) in [5.74, 6) is 0. The predicted molar refractivity (Wildman–Crippen MR) is 89.4 cm³/mol. The minimum Gasteiger partial charge on any atom is -0.375 e. The number of nitrogens with one attached hydrogen (secondary N) is 1. The van der Waals surface area contributed by atoms with Gasteiger partial charge in [0.25, 0.3) is 0 Å². The first-order valence-corrected chi connectivity index (χ1v) is 7.96. The van der Waals surface area contributed by atoms with Gasteiger partial charge in [-0.15, -0.1) is 0 Å². The van der Waals surface area contributed by atoms with Gasteiger partial charge in [0.05, 0.1) is 11.4 Å². The lowest BCUT2D eigenvalue weighted by Gasteiger charge is -2.34. The van der Waals surface area contributed by atoms with Crippen LogP contribution in [0.2, 0.25) is 0 Å². The Morgan fingerprint density at radius 3 is 2.48 bits per heavy atom. The van der Waals surface area contributed by atoms with E-state index in [1.807, 2.05) is 30.3 Å². The monoisotopic (exact) mass is 283 g/mol. The lowest BCUT2D eigenvalue weighted by molar-refractivity contribution is 0.305. The van der Waals surface area contributed by atoms with Gasteiger partial charge in [-0.05, 0) is 49.3 Å². The molecule has 1 aliphatic carbocycles.